The van der Waals surface area contributed by atoms with E-state index in [1.807, 2.05) is 0 Å². The van der Waals surface area contributed by atoms with Gasteiger partial charge in [0, 0.05) is 24.7 Å². The van der Waals surface area contributed by atoms with Crippen molar-refractivity contribution in [3.8, 4) is 17.0 Å². The number of nitrogens with two attached hydrogens (primary N) is 2. The molecule has 1 aliphatic heterocycles. The highest BCUT2D eigenvalue weighted by molar-refractivity contribution is 7.51. The molecule has 0 unspecified atom stereocenters. The number of benzene rings is 1. The summed E-state index contributed by atoms with van der Waals surface area (Å²) in [6.07, 6.45) is -1.67. The summed E-state index contributed by atoms with van der Waals surface area (Å²) in [7, 11) is -4.65. The van der Waals surface area contributed by atoms with Gasteiger partial charge in [-0.2, -0.15) is 0 Å². The fourth-order valence-electron chi connectivity index (χ4n) is 5.05. The van der Waals surface area contributed by atoms with Gasteiger partial charge in [-0.05, 0) is 30.5 Å². The van der Waals surface area contributed by atoms with Crippen LogP contribution in [0.1, 0.15) is 18.4 Å². The van der Waals surface area contributed by atoms with Gasteiger partial charge in [0.05, 0.1) is 36.0 Å². The lowest BCUT2D eigenvalue weighted by atomic mass is 9.84. The number of ether oxygens (including phenoxy) is 1. The first kappa shape index (κ1) is 30.6. The van der Waals surface area contributed by atoms with Crippen LogP contribution in [0.5, 0.6) is 5.75 Å². The number of rotatable bonds is 9. The number of nitrogen functional groups attached to an aromatic ring is 1. The van der Waals surface area contributed by atoms with Crippen LogP contribution < -0.4 is 21.1 Å². The number of hydrogen-bond donors (Lipinski definition) is 5. The first-order chi connectivity index (χ1) is 20.3. The second kappa shape index (κ2) is 11.7. The molecule has 3 aromatic heterocycles. The van der Waals surface area contributed by atoms with Crippen molar-refractivity contribution in [3.05, 3.63) is 54.2 Å². The van der Waals surface area contributed by atoms with Crippen LogP contribution in [0.4, 0.5) is 29.1 Å². The molecule has 18 heteroatoms. The SMILES string of the molecule is Nc1ncnc2c1ncn2Cc1cc(-c2cc(F)c(OCP(=O)(O)O)cc2F)ncc1N1CCC[C@](N)([C@H](O)C(F)F)C1. The quantitative estimate of drug-likeness (QED) is 0.134. The minimum absolute atomic E-state index is 0.0149. The molecule has 0 saturated carbocycles. The van der Waals surface area contributed by atoms with E-state index < -0.39 is 49.4 Å². The Balaban J connectivity index is 1.56. The number of aromatic nitrogens is 5. The van der Waals surface area contributed by atoms with Gasteiger partial charge in [-0.3, -0.25) is 9.55 Å². The number of piperidine rings is 1. The number of halogens is 4. The lowest BCUT2D eigenvalue weighted by Gasteiger charge is -2.44. The number of pyridine rings is 1. The van der Waals surface area contributed by atoms with Crippen molar-refractivity contribution in [3.63, 3.8) is 0 Å². The third-order valence-corrected chi connectivity index (χ3v) is 7.61. The zero-order valence-electron chi connectivity index (χ0n) is 22.3. The molecule has 2 atom stereocenters. The molecule has 1 aromatic carbocycles. The first-order valence-corrected chi connectivity index (χ1v) is 14.6. The number of anilines is 2. The van der Waals surface area contributed by atoms with E-state index in [2.05, 4.69) is 19.9 Å². The molecule has 4 heterocycles. The summed E-state index contributed by atoms with van der Waals surface area (Å²) in [5.41, 5.74) is 11.8. The van der Waals surface area contributed by atoms with E-state index in [1.54, 1.807) is 9.47 Å². The maximum Gasteiger partial charge on any atom is 0.362 e. The van der Waals surface area contributed by atoms with Crippen LogP contribution in [0, 0.1) is 11.6 Å². The predicted molar refractivity (Wildman–Crippen MR) is 146 cm³/mol. The van der Waals surface area contributed by atoms with Gasteiger partial charge < -0.3 is 40.6 Å². The summed E-state index contributed by atoms with van der Waals surface area (Å²) < 4.78 is 74.3. The standard InChI is InChI=1S/C25H27F4N8O5P/c26-15-6-19(42-12-43(39,40)41)16(27)5-14(15)17-4-13(8-37-11-35-20-23(30)33-10-34-24(20)37)18(7-32-17)36-3-1-2-25(31,9-36)21(38)22(28)29/h4-7,10-11,21-22,38H,1-3,8-9,12,31H2,(H2,30,33,34)(H2,39,40,41)/t21-,25-/m1/s1. The van der Waals surface area contributed by atoms with Crippen molar-refractivity contribution < 1.29 is 41.8 Å². The summed E-state index contributed by atoms with van der Waals surface area (Å²) >= 11 is 0. The van der Waals surface area contributed by atoms with Gasteiger partial charge in [0.2, 0.25) is 0 Å². The number of hydrogen-bond acceptors (Lipinski definition) is 10. The molecule has 0 amide bonds. The first-order valence-electron chi connectivity index (χ1n) is 12.8. The zero-order chi connectivity index (χ0) is 31.1. The predicted octanol–water partition coefficient (Wildman–Crippen LogP) is 2.23. The number of aliphatic hydroxyl groups is 1. The van der Waals surface area contributed by atoms with E-state index in [0.29, 0.717) is 41.4 Å². The Morgan fingerprint density at radius 3 is 2.60 bits per heavy atom. The van der Waals surface area contributed by atoms with Gasteiger partial charge in [-0.25, -0.2) is 32.5 Å². The Hall–Kier alpha value is -3.89. The number of nitrogens with zero attached hydrogens (tertiary/aromatic N) is 6. The molecule has 0 radical (unpaired) electrons. The minimum atomic E-state index is -4.65. The van der Waals surface area contributed by atoms with Crippen LogP contribution in [0.25, 0.3) is 22.4 Å². The number of aliphatic hydroxyl groups excluding tert-OH is 1. The van der Waals surface area contributed by atoms with Crippen molar-refractivity contribution in [1.29, 1.82) is 0 Å². The fraction of sp³-hybridized carbons (Fsp3) is 0.360. The molecule has 1 fully saturated rings. The average Bonchev–Trinajstić information content (AvgIpc) is 3.36. The molecule has 13 nitrogen and oxygen atoms in total. The van der Waals surface area contributed by atoms with Crippen LogP contribution in [0.2, 0.25) is 0 Å². The van der Waals surface area contributed by atoms with E-state index in [4.69, 9.17) is 26.0 Å². The van der Waals surface area contributed by atoms with Crippen molar-refractivity contribution >= 4 is 30.3 Å². The van der Waals surface area contributed by atoms with Crippen LogP contribution in [0.3, 0.4) is 0 Å². The zero-order valence-corrected chi connectivity index (χ0v) is 23.2. The number of alkyl halides is 2. The molecular weight excluding hydrogens is 599 g/mol. The summed E-state index contributed by atoms with van der Waals surface area (Å²) in [6, 6.07) is 2.90. The molecule has 43 heavy (non-hydrogen) atoms. The number of fused-ring (bicyclic) bond motifs is 1. The second-order valence-electron chi connectivity index (χ2n) is 10.2. The topological polar surface area (TPSA) is 199 Å². The molecule has 230 valence electrons. The molecule has 7 N–H and O–H groups in total. The average molecular weight is 627 g/mol. The Morgan fingerprint density at radius 2 is 1.88 bits per heavy atom. The van der Waals surface area contributed by atoms with Gasteiger partial charge in [-0.1, -0.05) is 0 Å². The summed E-state index contributed by atoms with van der Waals surface area (Å²) in [5.74, 6) is -2.63. The van der Waals surface area contributed by atoms with E-state index in [9.17, 15) is 22.8 Å². The normalized spacial score (nSPS) is 18.4. The summed E-state index contributed by atoms with van der Waals surface area (Å²) in [6.45, 7) is 0.301. The maximum absolute atomic E-state index is 15.2. The van der Waals surface area contributed by atoms with Gasteiger partial charge in [0.25, 0.3) is 6.43 Å². The van der Waals surface area contributed by atoms with E-state index >= 15 is 4.39 Å². The Kier molecular flexibility index (Phi) is 8.28. The highest BCUT2D eigenvalue weighted by atomic mass is 31.2. The lowest BCUT2D eigenvalue weighted by molar-refractivity contribution is -0.0529. The van der Waals surface area contributed by atoms with Crippen LogP contribution >= 0.6 is 7.60 Å². The molecule has 5 rings (SSSR count). The molecular formula is C25H27F4N8O5P. The van der Waals surface area contributed by atoms with Crippen LogP contribution in [0.15, 0.2) is 37.1 Å². The van der Waals surface area contributed by atoms with E-state index in [-0.39, 0.29) is 36.6 Å². The van der Waals surface area contributed by atoms with E-state index in [0.717, 1.165) is 6.07 Å². The van der Waals surface area contributed by atoms with E-state index in [1.165, 1.54) is 24.9 Å². The van der Waals surface area contributed by atoms with Crippen molar-refractivity contribution in [1.82, 2.24) is 24.5 Å². The highest BCUT2D eigenvalue weighted by Crippen LogP contribution is 2.37. The monoisotopic (exact) mass is 626 g/mol. The van der Waals surface area contributed by atoms with Gasteiger partial charge in [0.1, 0.15) is 23.8 Å². The van der Waals surface area contributed by atoms with Crippen molar-refractivity contribution in [2.75, 3.05) is 30.1 Å². The third-order valence-electron chi connectivity index (χ3n) is 7.15. The Bertz CT molecular complexity index is 1710. The van der Waals surface area contributed by atoms with Crippen LogP contribution in [-0.2, 0) is 11.1 Å². The summed E-state index contributed by atoms with van der Waals surface area (Å²) in [4.78, 5) is 36.3. The van der Waals surface area contributed by atoms with Gasteiger partial charge >= 0.3 is 7.60 Å². The third kappa shape index (κ3) is 6.40. The molecule has 0 aliphatic carbocycles. The van der Waals surface area contributed by atoms with Gasteiger partial charge in [-0.15, -0.1) is 0 Å². The highest BCUT2D eigenvalue weighted by Gasteiger charge is 2.43. The fourth-order valence-corrected chi connectivity index (χ4v) is 5.35. The maximum atomic E-state index is 15.2. The van der Waals surface area contributed by atoms with Crippen molar-refractivity contribution in [2.45, 2.75) is 37.5 Å². The minimum Gasteiger partial charge on any atom is -0.478 e. The number of imidazole rings is 1. The lowest BCUT2D eigenvalue weighted by Crippen LogP contribution is -2.63. The largest absolute Gasteiger partial charge is 0.478 e. The molecule has 4 aromatic rings. The summed E-state index contributed by atoms with van der Waals surface area (Å²) in [5, 5.41) is 10.2. The molecule has 1 saturated heterocycles. The molecule has 0 spiro atoms. The van der Waals surface area contributed by atoms with Crippen molar-refractivity contribution in [2.24, 2.45) is 5.73 Å². The smallest absolute Gasteiger partial charge is 0.362 e. The Labute approximate surface area is 241 Å². The molecule has 1 aliphatic rings. The molecule has 0 bridgehead atoms. The Morgan fingerprint density at radius 1 is 1.12 bits per heavy atom. The second-order valence-corrected chi connectivity index (χ2v) is 11.8. The van der Waals surface area contributed by atoms with Crippen LogP contribution in [-0.4, -0.2) is 76.9 Å². The van der Waals surface area contributed by atoms with Gasteiger partial charge in [0.15, 0.2) is 29.4 Å².